The molecular formula is C12H20N4O4S. The molecule has 0 radical (unpaired) electrons. The molecule has 0 aliphatic carbocycles. The second kappa shape index (κ2) is 6.83. The Morgan fingerprint density at radius 3 is 2.33 bits per heavy atom. The number of hydrogen-bond donors (Lipinski definition) is 1. The first kappa shape index (κ1) is 17.3. The van der Waals surface area contributed by atoms with Crippen molar-refractivity contribution in [1.82, 2.24) is 9.21 Å². The summed E-state index contributed by atoms with van der Waals surface area (Å²) in [4.78, 5) is 12.0. The summed E-state index contributed by atoms with van der Waals surface area (Å²) in [6.45, 7) is 0.776. The van der Waals surface area contributed by atoms with Crippen LogP contribution in [0.3, 0.4) is 0 Å². The van der Waals surface area contributed by atoms with Crippen LogP contribution < -0.4 is 5.32 Å². The van der Waals surface area contributed by atoms with E-state index in [2.05, 4.69) is 5.32 Å². The second-order valence-electron chi connectivity index (χ2n) is 4.82. The monoisotopic (exact) mass is 316 g/mol. The maximum atomic E-state index is 12.5. The fraction of sp³-hybridized carbons (Fsp3) is 0.500. The third kappa shape index (κ3) is 4.13. The topological polar surface area (TPSA) is 95.8 Å². The molecule has 0 aliphatic heterocycles. The van der Waals surface area contributed by atoms with Gasteiger partial charge in [-0.25, -0.2) is 8.42 Å². The van der Waals surface area contributed by atoms with E-state index < -0.39 is 20.6 Å². The minimum atomic E-state index is -3.90. The molecule has 8 nitrogen and oxygen atoms in total. The summed E-state index contributed by atoms with van der Waals surface area (Å²) in [6.07, 6.45) is 0. The number of nitro groups is 1. The van der Waals surface area contributed by atoms with Crippen LogP contribution in [0.1, 0.15) is 0 Å². The number of nitrogens with one attached hydrogen (secondary N) is 1. The van der Waals surface area contributed by atoms with Crippen LogP contribution in [0.4, 0.5) is 11.4 Å². The Kier molecular flexibility index (Phi) is 5.64. The number of likely N-dealkylation sites (N-methyl/N-ethyl adjacent to an activating group) is 2. The molecule has 0 saturated carbocycles. The third-order valence-electron chi connectivity index (χ3n) is 2.99. The number of rotatable bonds is 7. The summed E-state index contributed by atoms with van der Waals surface area (Å²) in [5.74, 6) is 0. The Morgan fingerprint density at radius 1 is 1.24 bits per heavy atom. The molecule has 0 spiro atoms. The fourth-order valence-electron chi connectivity index (χ4n) is 1.66. The molecule has 1 rings (SSSR count). The van der Waals surface area contributed by atoms with Crippen LogP contribution in [0.15, 0.2) is 23.1 Å². The normalized spacial score (nSPS) is 11.9. The molecule has 118 valence electrons. The Bertz CT molecular complexity index is 616. The lowest BCUT2D eigenvalue weighted by Gasteiger charge is -2.19. The average molecular weight is 316 g/mol. The highest BCUT2D eigenvalue weighted by molar-refractivity contribution is 7.89. The van der Waals surface area contributed by atoms with Gasteiger partial charge in [0.15, 0.2) is 4.90 Å². The molecule has 0 saturated heterocycles. The SMILES string of the molecule is CNc1ccc(S(=O)(=O)N(C)CCN(C)C)c([N+](=O)[O-])c1. The van der Waals surface area contributed by atoms with Crippen molar-refractivity contribution in [2.24, 2.45) is 0 Å². The summed E-state index contributed by atoms with van der Waals surface area (Å²) < 4.78 is 26.0. The Morgan fingerprint density at radius 2 is 1.86 bits per heavy atom. The van der Waals surface area contributed by atoms with Gasteiger partial charge in [0.2, 0.25) is 10.0 Å². The minimum absolute atomic E-state index is 0.250. The molecule has 1 aromatic rings. The van der Waals surface area contributed by atoms with Gasteiger partial charge >= 0.3 is 0 Å². The molecule has 0 bridgehead atoms. The van der Waals surface area contributed by atoms with Crippen molar-refractivity contribution in [2.45, 2.75) is 4.90 Å². The van der Waals surface area contributed by atoms with Crippen molar-refractivity contribution in [1.29, 1.82) is 0 Å². The second-order valence-corrected chi connectivity index (χ2v) is 6.83. The molecule has 21 heavy (non-hydrogen) atoms. The van der Waals surface area contributed by atoms with E-state index in [4.69, 9.17) is 0 Å². The quantitative estimate of drug-likeness (QED) is 0.591. The maximum Gasteiger partial charge on any atom is 0.291 e. The lowest BCUT2D eigenvalue weighted by molar-refractivity contribution is -0.387. The Hall–Kier alpha value is -1.71. The Labute approximate surface area is 124 Å². The van der Waals surface area contributed by atoms with E-state index in [-0.39, 0.29) is 11.4 Å². The van der Waals surface area contributed by atoms with E-state index in [1.54, 1.807) is 7.05 Å². The molecule has 0 unspecified atom stereocenters. The van der Waals surface area contributed by atoms with E-state index in [0.29, 0.717) is 12.2 Å². The van der Waals surface area contributed by atoms with Gasteiger partial charge in [0.1, 0.15) is 0 Å². The van der Waals surface area contributed by atoms with Crippen LogP contribution in [0.25, 0.3) is 0 Å². The highest BCUT2D eigenvalue weighted by atomic mass is 32.2. The van der Waals surface area contributed by atoms with E-state index in [9.17, 15) is 18.5 Å². The molecule has 1 aromatic carbocycles. The van der Waals surface area contributed by atoms with E-state index in [1.807, 2.05) is 19.0 Å². The van der Waals surface area contributed by atoms with Crippen molar-refractivity contribution in [3.63, 3.8) is 0 Å². The van der Waals surface area contributed by atoms with Crippen molar-refractivity contribution in [2.75, 3.05) is 46.6 Å². The van der Waals surface area contributed by atoms with Gasteiger partial charge < -0.3 is 10.2 Å². The van der Waals surface area contributed by atoms with Crippen LogP contribution >= 0.6 is 0 Å². The van der Waals surface area contributed by atoms with Crippen LogP contribution in [0.5, 0.6) is 0 Å². The predicted molar refractivity (Wildman–Crippen MR) is 81.0 cm³/mol. The van der Waals surface area contributed by atoms with Gasteiger partial charge in [-0.1, -0.05) is 0 Å². The molecule has 0 aliphatic rings. The van der Waals surface area contributed by atoms with Gasteiger partial charge in [-0.05, 0) is 26.2 Å². The predicted octanol–water partition coefficient (Wildman–Crippen LogP) is 0.819. The number of nitro benzene ring substituents is 1. The number of hydrogen-bond acceptors (Lipinski definition) is 6. The first-order valence-corrected chi connectivity index (χ1v) is 7.71. The van der Waals surface area contributed by atoms with Crippen molar-refractivity contribution >= 4 is 21.4 Å². The molecule has 9 heteroatoms. The zero-order valence-electron chi connectivity index (χ0n) is 12.5. The van der Waals surface area contributed by atoms with Crippen molar-refractivity contribution in [3.05, 3.63) is 28.3 Å². The number of sulfonamides is 1. The highest BCUT2D eigenvalue weighted by Gasteiger charge is 2.29. The number of anilines is 1. The van der Waals surface area contributed by atoms with Crippen molar-refractivity contribution in [3.8, 4) is 0 Å². The zero-order chi connectivity index (χ0) is 16.2. The van der Waals surface area contributed by atoms with Crippen LogP contribution in [0.2, 0.25) is 0 Å². The van der Waals surface area contributed by atoms with Gasteiger partial charge in [-0.3, -0.25) is 10.1 Å². The van der Waals surface area contributed by atoms with Crippen LogP contribution in [-0.4, -0.2) is 63.8 Å². The minimum Gasteiger partial charge on any atom is -0.388 e. The summed E-state index contributed by atoms with van der Waals surface area (Å²) in [5.41, 5.74) is 0.0511. The molecule has 0 heterocycles. The lowest BCUT2D eigenvalue weighted by atomic mass is 10.3. The molecular weight excluding hydrogens is 296 g/mol. The van der Waals surface area contributed by atoms with Gasteiger partial charge in [0.05, 0.1) is 4.92 Å². The fourth-order valence-corrected chi connectivity index (χ4v) is 2.96. The van der Waals surface area contributed by atoms with E-state index >= 15 is 0 Å². The molecule has 1 N–H and O–H groups in total. The van der Waals surface area contributed by atoms with Gasteiger partial charge in [0, 0.05) is 38.9 Å². The van der Waals surface area contributed by atoms with Gasteiger partial charge in [-0.2, -0.15) is 4.31 Å². The molecule has 0 aromatic heterocycles. The van der Waals surface area contributed by atoms with E-state index in [1.165, 1.54) is 25.2 Å². The largest absolute Gasteiger partial charge is 0.388 e. The lowest BCUT2D eigenvalue weighted by Crippen LogP contribution is -2.33. The highest BCUT2D eigenvalue weighted by Crippen LogP contribution is 2.28. The Balaban J connectivity index is 3.21. The van der Waals surface area contributed by atoms with Crippen LogP contribution in [0, 0.1) is 10.1 Å². The molecule has 0 atom stereocenters. The van der Waals surface area contributed by atoms with Crippen molar-refractivity contribution < 1.29 is 13.3 Å². The van der Waals surface area contributed by atoms with Crippen LogP contribution in [-0.2, 0) is 10.0 Å². The zero-order valence-corrected chi connectivity index (χ0v) is 13.3. The summed E-state index contributed by atoms with van der Waals surface area (Å²) >= 11 is 0. The van der Waals surface area contributed by atoms with Gasteiger partial charge in [0.25, 0.3) is 5.69 Å². The summed E-state index contributed by atoms with van der Waals surface area (Å²) in [5, 5.41) is 13.9. The summed E-state index contributed by atoms with van der Waals surface area (Å²) in [6, 6.07) is 3.97. The number of benzene rings is 1. The molecule has 0 fully saturated rings. The smallest absolute Gasteiger partial charge is 0.291 e. The maximum absolute atomic E-state index is 12.5. The standard InChI is InChI=1S/C12H20N4O4S/c1-13-10-5-6-12(11(9-10)16(17)18)21(19,20)15(4)8-7-14(2)3/h5-6,9,13H,7-8H2,1-4H3. The average Bonchev–Trinajstić information content (AvgIpc) is 2.43. The number of nitrogens with zero attached hydrogens (tertiary/aromatic N) is 3. The first-order valence-electron chi connectivity index (χ1n) is 6.27. The molecule has 0 amide bonds. The summed E-state index contributed by atoms with van der Waals surface area (Å²) in [7, 11) is 2.77. The third-order valence-corrected chi connectivity index (χ3v) is 4.90. The van der Waals surface area contributed by atoms with Gasteiger partial charge in [-0.15, -0.1) is 0 Å². The van der Waals surface area contributed by atoms with E-state index in [0.717, 1.165) is 4.31 Å². The first-order chi connectivity index (χ1) is 9.70.